The molecule has 0 radical (unpaired) electrons. The highest BCUT2D eigenvalue weighted by Gasteiger charge is 2.25. The fourth-order valence-corrected chi connectivity index (χ4v) is 1.16. The third-order valence-electron chi connectivity index (χ3n) is 2.08. The van der Waals surface area contributed by atoms with Gasteiger partial charge in [0.2, 0.25) is 5.91 Å². The van der Waals surface area contributed by atoms with E-state index in [2.05, 4.69) is 4.98 Å². The average molecular weight is 213 g/mol. The van der Waals surface area contributed by atoms with E-state index in [1.165, 1.54) is 0 Å². The highest BCUT2D eigenvalue weighted by molar-refractivity contribution is 6.30. The summed E-state index contributed by atoms with van der Waals surface area (Å²) in [6, 6.07) is 3.55. The number of amides is 1. The molecule has 14 heavy (non-hydrogen) atoms. The zero-order valence-electron chi connectivity index (χ0n) is 8.25. The van der Waals surface area contributed by atoms with Gasteiger partial charge in [0.1, 0.15) is 0 Å². The topological polar surface area (TPSA) is 56.0 Å². The normalized spacial score (nSPS) is 11.4. The maximum atomic E-state index is 11.1. The predicted molar refractivity (Wildman–Crippen MR) is 55.9 cm³/mol. The molecule has 0 saturated carbocycles. The maximum absolute atomic E-state index is 11.1. The summed E-state index contributed by atoms with van der Waals surface area (Å²) in [4.78, 5) is 15.2. The molecule has 2 N–H and O–H groups in total. The molecular weight excluding hydrogens is 200 g/mol. The monoisotopic (exact) mass is 212 g/mol. The first-order chi connectivity index (χ1) is 6.42. The van der Waals surface area contributed by atoms with E-state index in [1.54, 1.807) is 32.2 Å². The van der Waals surface area contributed by atoms with E-state index >= 15 is 0 Å². The summed E-state index contributed by atoms with van der Waals surface area (Å²) in [5, 5.41) is 0.589. The minimum Gasteiger partial charge on any atom is -0.369 e. The summed E-state index contributed by atoms with van der Waals surface area (Å²) in [7, 11) is 0. The molecule has 0 atom stereocenters. The molecule has 3 nitrogen and oxygen atoms in total. The fraction of sp³-hybridized carbons (Fsp3) is 0.400. The average Bonchev–Trinajstić information content (AvgIpc) is 2.08. The van der Waals surface area contributed by atoms with Gasteiger partial charge in [-0.1, -0.05) is 25.4 Å². The summed E-state index contributed by atoms with van der Waals surface area (Å²) < 4.78 is 0. The van der Waals surface area contributed by atoms with Gasteiger partial charge in [0.15, 0.2) is 0 Å². The van der Waals surface area contributed by atoms with Crippen molar-refractivity contribution in [2.45, 2.75) is 20.3 Å². The van der Waals surface area contributed by atoms with E-state index < -0.39 is 5.41 Å². The van der Waals surface area contributed by atoms with Crippen molar-refractivity contribution in [2.24, 2.45) is 11.1 Å². The van der Waals surface area contributed by atoms with Crippen LogP contribution in [0.2, 0.25) is 5.02 Å². The van der Waals surface area contributed by atoms with E-state index in [-0.39, 0.29) is 5.91 Å². The van der Waals surface area contributed by atoms with Crippen LogP contribution >= 0.6 is 11.6 Å². The van der Waals surface area contributed by atoms with Gasteiger partial charge < -0.3 is 5.73 Å². The number of pyridine rings is 1. The Morgan fingerprint density at radius 1 is 1.57 bits per heavy atom. The second-order valence-corrected chi connectivity index (χ2v) is 4.33. The van der Waals surface area contributed by atoms with E-state index in [1.807, 2.05) is 0 Å². The number of aromatic nitrogens is 1. The Labute approximate surface area is 88.3 Å². The van der Waals surface area contributed by atoms with Crippen LogP contribution in [0.1, 0.15) is 19.5 Å². The maximum Gasteiger partial charge on any atom is 0.223 e. The Morgan fingerprint density at radius 3 is 2.64 bits per heavy atom. The van der Waals surface area contributed by atoms with Gasteiger partial charge in [-0.15, -0.1) is 0 Å². The lowest BCUT2D eigenvalue weighted by molar-refractivity contribution is -0.125. The lowest BCUT2D eigenvalue weighted by Gasteiger charge is -2.19. The Bertz CT molecular complexity index is 332. The first-order valence-electron chi connectivity index (χ1n) is 4.32. The molecule has 1 aromatic heterocycles. The van der Waals surface area contributed by atoms with Crippen molar-refractivity contribution >= 4 is 17.5 Å². The van der Waals surface area contributed by atoms with Gasteiger partial charge in [0.25, 0.3) is 0 Å². The molecule has 0 bridgehead atoms. The summed E-state index contributed by atoms with van der Waals surface area (Å²) in [5.74, 6) is -0.325. The van der Waals surface area contributed by atoms with Crippen molar-refractivity contribution in [3.05, 3.63) is 29.0 Å². The molecule has 1 amide bonds. The van der Waals surface area contributed by atoms with Crippen molar-refractivity contribution in [2.75, 3.05) is 0 Å². The van der Waals surface area contributed by atoms with E-state index in [0.717, 1.165) is 5.69 Å². The van der Waals surface area contributed by atoms with Crippen LogP contribution < -0.4 is 5.73 Å². The second kappa shape index (κ2) is 3.96. The van der Waals surface area contributed by atoms with Gasteiger partial charge in [-0.3, -0.25) is 9.78 Å². The quantitative estimate of drug-likeness (QED) is 0.831. The molecule has 4 heteroatoms. The van der Waals surface area contributed by atoms with Crippen molar-refractivity contribution in [1.82, 2.24) is 4.98 Å². The number of rotatable bonds is 3. The van der Waals surface area contributed by atoms with Gasteiger partial charge in [-0.2, -0.15) is 0 Å². The van der Waals surface area contributed by atoms with Crippen molar-refractivity contribution in [1.29, 1.82) is 0 Å². The fourth-order valence-electron chi connectivity index (χ4n) is 1.05. The zero-order valence-corrected chi connectivity index (χ0v) is 9.01. The smallest absolute Gasteiger partial charge is 0.223 e. The summed E-state index contributed by atoms with van der Waals surface area (Å²) in [5.41, 5.74) is 5.50. The third kappa shape index (κ3) is 2.70. The number of carbonyl (C=O) groups is 1. The molecule has 1 rings (SSSR count). The second-order valence-electron chi connectivity index (χ2n) is 3.89. The molecule has 0 aromatic carbocycles. The molecule has 0 spiro atoms. The predicted octanol–water partition coefficient (Wildman–Crippen LogP) is 1.79. The summed E-state index contributed by atoms with van der Waals surface area (Å²) in [6.45, 7) is 3.59. The highest BCUT2D eigenvalue weighted by atomic mass is 35.5. The molecule has 76 valence electrons. The molecule has 1 aromatic rings. The lowest BCUT2D eigenvalue weighted by Crippen LogP contribution is -2.33. The Balaban J connectivity index is 2.79. The van der Waals surface area contributed by atoms with Crippen LogP contribution in [0, 0.1) is 5.41 Å². The molecule has 0 aliphatic heterocycles. The van der Waals surface area contributed by atoms with Crippen LogP contribution in [-0.4, -0.2) is 10.9 Å². The number of nitrogens with zero attached hydrogens (tertiary/aromatic N) is 1. The van der Waals surface area contributed by atoms with E-state index in [0.29, 0.717) is 11.4 Å². The molecular formula is C10H13ClN2O. The Morgan fingerprint density at radius 2 is 2.21 bits per heavy atom. The zero-order chi connectivity index (χ0) is 10.8. The van der Waals surface area contributed by atoms with Gasteiger partial charge in [-0.05, 0) is 12.1 Å². The summed E-state index contributed by atoms with van der Waals surface area (Å²) >= 11 is 5.69. The van der Waals surface area contributed by atoms with E-state index in [4.69, 9.17) is 17.3 Å². The molecule has 0 saturated heterocycles. The van der Waals surface area contributed by atoms with Crippen molar-refractivity contribution in [3.63, 3.8) is 0 Å². The van der Waals surface area contributed by atoms with E-state index in [9.17, 15) is 4.79 Å². The standard InChI is InChI=1S/C10H13ClN2O/c1-10(2,9(12)14)5-8-4-3-7(11)6-13-8/h3-4,6H,5H2,1-2H3,(H2,12,14). The molecule has 0 unspecified atom stereocenters. The SMILES string of the molecule is CC(C)(Cc1ccc(Cl)cn1)C(N)=O. The Hall–Kier alpha value is -1.09. The van der Waals surface area contributed by atoms with Crippen LogP contribution in [0.25, 0.3) is 0 Å². The van der Waals surface area contributed by atoms with Crippen LogP contribution in [0.15, 0.2) is 18.3 Å². The van der Waals surface area contributed by atoms with Crippen LogP contribution in [-0.2, 0) is 11.2 Å². The molecule has 0 aliphatic rings. The number of hydrogen-bond acceptors (Lipinski definition) is 2. The Kier molecular flexibility index (Phi) is 3.11. The number of carbonyl (C=O) groups excluding carboxylic acids is 1. The number of halogens is 1. The van der Waals surface area contributed by atoms with Crippen LogP contribution in [0.5, 0.6) is 0 Å². The molecule has 1 heterocycles. The number of primary amides is 1. The van der Waals surface area contributed by atoms with Gasteiger partial charge in [-0.25, -0.2) is 0 Å². The molecule has 0 fully saturated rings. The van der Waals surface area contributed by atoms with Gasteiger partial charge >= 0.3 is 0 Å². The molecule has 0 aliphatic carbocycles. The minimum absolute atomic E-state index is 0.325. The van der Waals surface area contributed by atoms with Crippen LogP contribution in [0.4, 0.5) is 0 Å². The number of nitrogens with two attached hydrogens (primary N) is 1. The first-order valence-corrected chi connectivity index (χ1v) is 4.70. The van der Waals surface area contributed by atoms with Crippen LogP contribution in [0.3, 0.4) is 0 Å². The third-order valence-corrected chi connectivity index (χ3v) is 2.30. The minimum atomic E-state index is -0.569. The van der Waals surface area contributed by atoms with Crippen molar-refractivity contribution < 1.29 is 4.79 Å². The van der Waals surface area contributed by atoms with Crippen molar-refractivity contribution in [3.8, 4) is 0 Å². The van der Waals surface area contributed by atoms with Gasteiger partial charge in [0.05, 0.1) is 5.02 Å². The highest BCUT2D eigenvalue weighted by Crippen LogP contribution is 2.20. The first kappa shape index (κ1) is 11.0. The summed E-state index contributed by atoms with van der Waals surface area (Å²) in [6.07, 6.45) is 2.09. The number of hydrogen-bond donors (Lipinski definition) is 1. The largest absolute Gasteiger partial charge is 0.369 e. The lowest BCUT2D eigenvalue weighted by atomic mass is 9.87. The van der Waals surface area contributed by atoms with Gasteiger partial charge in [0, 0.05) is 23.7 Å².